The summed E-state index contributed by atoms with van der Waals surface area (Å²) in [5, 5.41) is 4.01. The van der Waals surface area contributed by atoms with E-state index in [0.29, 0.717) is 10.0 Å². The Morgan fingerprint density at radius 3 is 2.71 bits per heavy atom. The number of thioether (sulfide) groups is 1. The molecule has 94 valence electrons. The van der Waals surface area contributed by atoms with Gasteiger partial charge in [-0.05, 0) is 38.3 Å². The normalized spacial score (nSPS) is 11.3. The van der Waals surface area contributed by atoms with E-state index < -0.39 is 0 Å². The Bertz CT molecular complexity index is 419. The second-order valence-corrected chi connectivity index (χ2v) is 6.76. The summed E-state index contributed by atoms with van der Waals surface area (Å²) in [4.78, 5) is 0.358. The Morgan fingerprint density at radius 2 is 2.18 bits per heavy atom. The van der Waals surface area contributed by atoms with E-state index in [-0.39, 0.29) is 4.75 Å². The number of nitrogens with two attached hydrogens (primary N) is 1. The number of hydrogen-bond donors (Lipinski definition) is 2. The average Bonchev–Trinajstić information content (AvgIpc) is 2.27. The number of anilines is 1. The van der Waals surface area contributed by atoms with E-state index in [0.717, 1.165) is 17.8 Å². The Hall–Kier alpha value is -0.450. The molecule has 1 aromatic rings. The molecule has 0 fully saturated rings. The van der Waals surface area contributed by atoms with Crippen molar-refractivity contribution in [3.8, 4) is 0 Å². The third-order valence-electron chi connectivity index (χ3n) is 2.50. The van der Waals surface area contributed by atoms with E-state index in [4.69, 9.17) is 29.6 Å². The molecule has 1 aromatic carbocycles. The summed E-state index contributed by atoms with van der Waals surface area (Å²) in [5.41, 5.74) is 7.41. The fraction of sp³-hybridized carbons (Fsp3) is 0.417. The summed E-state index contributed by atoms with van der Waals surface area (Å²) in [6.45, 7) is 5.20. The van der Waals surface area contributed by atoms with Gasteiger partial charge in [0.2, 0.25) is 0 Å². The van der Waals surface area contributed by atoms with Gasteiger partial charge in [0.15, 0.2) is 0 Å². The molecule has 0 unspecified atom stereocenters. The highest BCUT2D eigenvalue weighted by Gasteiger charge is 2.16. The Labute approximate surface area is 117 Å². The quantitative estimate of drug-likeness (QED) is 0.813. The highest BCUT2D eigenvalue weighted by molar-refractivity contribution is 7.99. The highest BCUT2D eigenvalue weighted by Crippen LogP contribution is 2.25. The predicted molar refractivity (Wildman–Crippen MR) is 83.4 cm³/mol. The maximum absolute atomic E-state index is 5.93. The van der Waals surface area contributed by atoms with Crippen LogP contribution in [0.3, 0.4) is 0 Å². The summed E-state index contributed by atoms with van der Waals surface area (Å²) >= 11 is 12.8. The molecule has 0 aliphatic heterocycles. The Morgan fingerprint density at radius 1 is 1.53 bits per heavy atom. The van der Waals surface area contributed by atoms with Crippen LogP contribution in [0.4, 0.5) is 5.69 Å². The number of thiocarbonyl (C=S) groups is 1. The van der Waals surface area contributed by atoms with Crippen molar-refractivity contribution < 1.29 is 0 Å². The fourth-order valence-corrected chi connectivity index (χ4v) is 1.81. The summed E-state index contributed by atoms with van der Waals surface area (Å²) in [7, 11) is 0. The second kappa shape index (κ2) is 5.94. The molecule has 0 amide bonds. The van der Waals surface area contributed by atoms with Crippen molar-refractivity contribution in [1.82, 2.24) is 0 Å². The van der Waals surface area contributed by atoms with Gasteiger partial charge >= 0.3 is 0 Å². The lowest BCUT2D eigenvalue weighted by atomic mass is 10.1. The maximum atomic E-state index is 5.93. The lowest BCUT2D eigenvalue weighted by Gasteiger charge is -2.24. The summed E-state index contributed by atoms with van der Waals surface area (Å²) < 4.78 is 0.160. The highest BCUT2D eigenvalue weighted by atomic mass is 35.5. The molecule has 0 saturated heterocycles. The molecule has 5 heteroatoms. The summed E-state index contributed by atoms with van der Waals surface area (Å²) in [6.07, 6.45) is 2.10. The first kappa shape index (κ1) is 14.6. The molecule has 0 spiro atoms. The van der Waals surface area contributed by atoms with Crippen LogP contribution in [0.1, 0.15) is 19.4 Å². The third kappa shape index (κ3) is 4.37. The molecule has 0 saturated carbocycles. The minimum Gasteiger partial charge on any atom is -0.389 e. The van der Waals surface area contributed by atoms with Crippen LogP contribution in [0.15, 0.2) is 18.2 Å². The number of benzene rings is 1. The molecule has 0 bridgehead atoms. The molecular formula is C12H17ClN2S2. The van der Waals surface area contributed by atoms with Crippen molar-refractivity contribution in [1.29, 1.82) is 0 Å². The van der Waals surface area contributed by atoms with Gasteiger partial charge in [0.25, 0.3) is 0 Å². The van der Waals surface area contributed by atoms with E-state index in [1.807, 2.05) is 23.9 Å². The molecule has 1 rings (SSSR count). The number of rotatable bonds is 5. The van der Waals surface area contributed by atoms with Crippen LogP contribution >= 0.6 is 35.6 Å². The largest absolute Gasteiger partial charge is 0.389 e. The van der Waals surface area contributed by atoms with Crippen molar-refractivity contribution in [2.45, 2.75) is 18.6 Å². The molecular weight excluding hydrogens is 272 g/mol. The van der Waals surface area contributed by atoms with Gasteiger partial charge in [0.1, 0.15) is 4.99 Å². The predicted octanol–water partition coefficient (Wildman–Crippen LogP) is 3.53. The van der Waals surface area contributed by atoms with E-state index in [1.54, 1.807) is 6.07 Å². The van der Waals surface area contributed by atoms with Crippen LogP contribution in [-0.2, 0) is 0 Å². The van der Waals surface area contributed by atoms with Crippen LogP contribution in [0.25, 0.3) is 0 Å². The van der Waals surface area contributed by atoms with Crippen molar-refractivity contribution in [2.75, 3.05) is 18.1 Å². The molecule has 17 heavy (non-hydrogen) atoms. The number of halogens is 1. The smallest absolute Gasteiger partial charge is 0.106 e. The lowest BCUT2D eigenvalue weighted by molar-refractivity contribution is 0.752. The summed E-state index contributed by atoms with van der Waals surface area (Å²) in [6, 6.07) is 5.53. The van der Waals surface area contributed by atoms with Gasteiger partial charge < -0.3 is 11.1 Å². The van der Waals surface area contributed by atoms with Crippen LogP contribution in [-0.4, -0.2) is 22.5 Å². The Balaban J connectivity index is 2.88. The SMILES string of the molecule is CSC(C)(C)CNc1ccc(Cl)cc1C(N)=S. The minimum absolute atomic E-state index is 0.160. The van der Waals surface area contributed by atoms with E-state index >= 15 is 0 Å². The number of hydrogen-bond acceptors (Lipinski definition) is 3. The monoisotopic (exact) mass is 288 g/mol. The zero-order chi connectivity index (χ0) is 13.1. The van der Waals surface area contributed by atoms with Gasteiger partial charge in [-0.1, -0.05) is 23.8 Å². The van der Waals surface area contributed by atoms with Crippen molar-refractivity contribution in [2.24, 2.45) is 5.73 Å². The Kier molecular flexibility index (Phi) is 5.10. The van der Waals surface area contributed by atoms with Crippen molar-refractivity contribution >= 4 is 46.3 Å². The fourth-order valence-electron chi connectivity index (χ4n) is 1.25. The molecule has 0 radical (unpaired) electrons. The van der Waals surface area contributed by atoms with Gasteiger partial charge in [-0.3, -0.25) is 0 Å². The third-order valence-corrected chi connectivity index (χ3v) is 4.21. The van der Waals surface area contributed by atoms with E-state index in [2.05, 4.69) is 25.4 Å². The van der Waals surface area contributed by atoms with Crippen LogP contribution in [0.2, 0.25) is 5.02 Å². The average molecular weight is 289 g/mol. The first-order chi connectivity index (χ1) is 7.85. The van der Waals surface area contributed by atoms with Gasteiger partial charge in [-0.15, -0.1) is 0 Å². The molecule has 0 aliphatic carbocycles. The first-order valence-corrected chi connectivity index (χ1v) is 7.25. The van der Waals surface area contributed by atoms with Gasteiger partial charge in [0, 0.05) is 27.6 Å². The maximum Gasteiger partial charge on any atom is 0.106 e. The molecule has 0 atom stereocenters. The van der Waals surface area contributed by atoms with Gasteiger partial charge in [-0.2, -0.15) is 11.8 Å². The first-order valence-electron chi connectivity index (χ1n) is 5.24. The van der Waals surface area contributed by atoms with Crippen molar-refractivity contribution in [3.63, 3.8) is 0 Å². The molecule has 0 aromatic heterocycles. The second-order valence-electron chi connectivity index (χ2n) is 4.37. The zero-order valence-electron chi connectivity index (χ0n) is 10.2. The standard InChI is InChI=1S/C12H17ClN2S2/c1-12(2,17-3)7-15-10-5-4-8(13)6-9(10)11(14)16/h4-6,15H,7H2,1-3H3,(H2,14,16). The number of nitrogens with one attached hydrogen (secondary N) is 1. The van der Waals surface area contributed by atoms with Crippen LogP contribution < -0.4 is 11.1 Å². The van der Waals surface area contributed by atoms with E-state index in [1.165, 1.54) is 0 Å². The summed E-state index contributed by atoms with van der Waals surface area (Å²) in [5.74, 6) is 0. The molecule has 0 aliphatic rings. The lowest BCUT2D eigenvalue weighted by Crippen LogP contribution is -2.27. The molecule has 0 heterocycles. The topological polar surface area (TPSA) is 38.0 Å². The van der Waals surface area contributed by atoms with Crippen LogP contribution in [0, 0.1) is 0 Å². The van der Waals surface area contributed by atoms with E-state index in [9.17, 15) is 0 Å². The van der Waals surface area contributed by atoms with Crippen molar-refractivity contribution in [3.05, 3.63) is 28.8 Å². The zero-order valence-corrected chi connectivity index (χ0v) is 12.6. The molecule has 2 nitrogen and oxygen atoms in total. The van der Waals surface area contributed by atoms with Crippen LogP contribution in [0.5, 0.6) is 0 Å². The molecule has 3 N–H and O–H groups in total. The minimum atomic E-state index is 0.160. The van der Waals surface area contributed by atoms with Gasteiger partial charge in [0.05, 0.1) is 0 Å². The van der Waals surface area contributed by atoms with Gasteiger partial charge in [-0.25, -0.2) is 0 Å².